The van der Waals surface area contributed by atoms with Crippen LogP contribution in [-0.4, -0.2) is 23.8 Å². The van der Waals surface area contributed by atoms with E-state index in [0.29, 0.717) is 25.8 Å². The number of hydrogen-bond donors (Lipinski definition) is 2. The van der Waals surface area contributed by atoms with Crippen LogP contribution in [0, 0.1) is 12.3 Å². The first kappa shape index (κ1) is 15.1. The summed E-state index contributed by atoms with van der Waals surface area (Å²) < 4.78 is 5.03. The van der Waals surface area contributed by atoms with Gasteiger partial charge in [0, 0.05) is 13.0 Å². The number of hydrogen-bond acceptors (Lipinski definition) is 3. The van der Waals surface area contributed by atoms with E-state index in [2.05, 4.69) is 11.2 Å². The summed E-state index contributed by atoms with van der Waals surface area (Å²) in [6, 6.07) is 9.45. The molecule has 0 aliphatic carbocycles. The smallest absolute Gasteiger partial charge is 0.407 e. The monoisotopic (exact) mass is 261 g/mol. The molecule has 1 rings (SSSR count). The minimum absolute atomic E-state index is 0.242. The van der Waals surface area contributed by atoms with Gasteiger partial charge in [0.25, 0.3) is 0 Å². The van der Waals surface area contributed by atoms with Crippen LogP contribution in [-0.2, 0) is 11.3 Å². The number of terminal acetylenes is 1. The first-order chi connectivity index (χ1) is 9.22. The van der Waals surface area contributed by atoms with E-state index in [9.17, 15) is 9.90 Å². The molecule has 0 heterocycles. The van der Waals surface area contributed by atoms with Gasteiger partial charge in [-0.1, -0.05) is 30.3 Å². The predicted molar refractivity (Wildman–Crippen MR) is 73.3 cm³/mol. The van der Waals surface area contributed by atoms with Gasteiger partial charge in [0.1, 0.15) is 6.61 Å². The van der Waals surface area contributed by atoms with E-state index >= 15 is 0 Å². The molecule has 0 aliphatic heterocycles. The fourth-order valence-corrected chi connectivity index (χ4v) is 1.51. The minimum Gasteiger partial charge on any atom is -0.445 e. The molecule has 0 aromatic heterocycles. The lowest BCUT2D eigenvalue weighted by Gasteiger charge is -2.10. The number of nitrogens with one attached hydrogen (secondary N) is 1. The Kier molecular flexibility index (Phi) is 7.14. The van der Waals surface area contributed by atoms with Gasteiger partial charge in [-0.2, -0.15) is 0 Å². The topological polar surface area (TPSA) is 58.6 Å². The summed E-state index contributed by atoms with van der Waals surface area (Å²) in [7, 11) is 0. The van der Waals surface area contributed by atoms with Crippen molar-refractivity contribution in [3.63, 3.8) is 0 Å². The number of rotatable bonds is 7. The first-order valence-corrected chi connectivity index (χ1v) is 6.28. The van der Waals surface area contributed by atoms with Crippen molar-refractivity contribution in [2.24, 2.45) is 0 Å². The van der Waals surface area contributed by atoms with Gasteiger partial charge in [0.05, 0.1) is 6.10 Å². The van der Waals surface area contributed by atoms with Gasteiger partial charge in [0.2, 0.25) is 0 Å². The van der Waals surface area contributed by atoms with E-state index in [0.717, 1.165) is 5.56 Å². The third-order valence-corrected chi connectivity index (χ3v) is 2.58. The average Bonchev–Trinajstić information content (AvgIpc) is 2.44. The Morgan fingerprint density at radius 2 is 2.11 bits per heavy atom. The fraction of sp³-hybridized carbons (Fsp3) is 0.400. The lowest BCUT2D eigenvalue weighted by atomic mass is 10.1. The molecule has 4 heteroatoms. The SMILES string of the molecule is C#CCCC(O)CCNC(=O)OCc1ccccc1. The quantitative estimate of drug-likeness (QED) is 0.739. The van der Waals surface area contributed by atoms with Crippen LogP contribution in [0.15, 0.2) is 30.3 Å². The van der Waals surface area contributed by atoms with Gasteiger partial charge < -0.3 is 15.2 Å². The number of aliphatic hydroxyl groups is 1. The van der Waals surface area contributed by atoms with E-state index < -0.39 is 12.2 Å². The van der Waals surface area contributed by atoms with Crippen LogP contribution in [0.25, 0.3) is 0 Å². The maximum atomic E-state index is 11.4. The molecule has 0 saturated heterocycles. The average molecular weight is 261 g/mol. The molecular formula is C15H19NO3. The third kappa shape index (κ3) is 7.12. The number of carbonyl (C=O) groups excluding carboxylic acids is 1. The highest BCUT2D eigenvalue weighted by molar-refractivity contribution is 5.67. The number of benzene rings is 1. The van der Waals surface area contributed by atoms with E-state index in [-0.39, 0.29) is 6.61 Å². The van der Waals surface area contributed by atoms with Gasteiger partial charge in [-0.15, -0.1) is 12.3 Å². The molecule has 2 N–H and O–H groups in total. The molecule has 1 amide bonds. The van der Waals surface area contributed by atoms with Crippen molar-refractivity contribution in [1.29, 1.82) is 0 Å². The second-order valence-corrected chi connectivity index (χ2v) is 4.17. The lowest BCUT2D eigenvalue weighted by molar-refractivity contribution is 0.132. The van der Waals surface area contributed by atoms with Crippen LogP contribution >= 0.6 is 0 Å². The molecule has 1 aromatic carbocycles. The summed E-state index contributed by atoms with van der Waals surface area (Å²) in [4.78, 5) is 11.4. The van der Waals surface area contributed by atoms with Crippen molar-refractivity contribution < 1.29 is 14.6 Å². The van der Waals surface area contributed by atoms with Crippen LogP contribution in [0.5, 0.6) is 0 Å². The van der Waals surface area contributed by atoms with Crippen LogP contribution in [0.4, 0.5) is 4.79 Å². The Morgan fingerprint density at radius 1 is 1.37 bits per heavy atom. The maximum Gasteiger partial charge on any atom is 0.407 e. The highest BCUT2D eigenvalue weighted by Crippen LogP contribution is 2.01. The summed E-state index contributed by atoms with van der Waals surface area (Å²) in [5.41, 5.74) is 0.937. The van der Waals surface area contributed by atoms with E-state index in [1.165, 1.54) is 0 Å². The fourth-order valence-electron chi connectivity index (χ4n) is 1.51. The zero-order valence-corrected chi connectivity index (χ0v) is 10.8. The van der Waals surface area contributed by atoms with Crippen LogP contribution in [0.2, 0.25) is 0 Å². The summed E-state index contributed by atoms with van der Waals surface area (Å²) in [5.74, 6) is 2.46. The van der Waals surface area contributed by atoms with E-state index in [1.54, 1.807) is 0 Å². The third-order valence-electron chi connectivity index (χ3n) is 2.58. The maximum absolute atomic E-state index is 11.4. The largest absolute Gasteiger partial charge is 0.445 e. The molecule has 1 aromatic rings. The molecule has 0 spiro atoms. The van der Waals surface area contributed by atoms with Crippen LogP contribution in [0.1, 0.15) is 24.8 Å². The molecule has 1 atom stereocenters. The van der Waals surface area contributed by atoms with Crippen molar-refractivity contribution in [2.45, 2.75) is 32.0 Å². The normalized spacial score (nSPS) is 11.4. The first-order valence-electron chi connectivity index (χ1n) is 6.28. The molecule has 1 unspecified atom stereocenters. The Hall–Kier alpha value is -1.99. The van der Waals surface area contributed by atoms with Crippen LogP contribution < -0.4 is 5.32 Å². The molecular weight excluding hydrogens is 242 g/mol. The lowest BCUT2D eigenvalue weighted by Crippen LogP contribution is -2.27. The molecule has 102 valence electrons. The Bertz CT molecular complexity index is 411. The number of carbonyl (C=O) groups is 1. The minimum atomic E-state index is -0.481. The predicted octanol–water partition coefficient (Wildman–Crippen LogP) is 2.08. The zero-order valence-electron chi connectivity index (χ0n) is 10.8. The molecule has 0 bridgehead atoms. The van der Waals surface area contributed by atoms with Crippen LogP contribution in [0.3, 0.4) is 0 Å². The van der Waals surface area contributed by atoms with Gasteiger partial charge >= 0.3 is 6.09 Å². The summed E-state index contributed by atoms with van der Waals surface area (Å²) in [6.07, 6.45) is 5.71. The number of amides is 1. The van der Waals surface area contributed by atoms with Gasteiger partial charge in [0.15, 0.2) is 0 Å². The summed E-state index contributed by atoms with van der Waals surface area (Å²) >= 11 is 0. The van der Waals surface area contributed by atoms with E-state index in [4.69, 9.17) is 11.2 Å². The summed E-state index contributed by atoms with van der Waals surface area (Å²) in [5, 5.41) is 12.1. The Balaban J connectivity index is 2.10. The number of aliphatic hydroxyl groups excluding tert-OH is 1. The molecule has 0 fully saturated rings. The highest BCUT2D eigenvalue weighted by Gasteiger charge is 2.05. The standard InChI is InChI=1S/C15H19NO3/c1-2-3-9-14(17)10-11-16-15(18)19-12-13-7-5-4-6-8-13/h1,4-8,14,17H,3,9-12H2,(H,16,18). The Morgan fingerprint density at radius 3 is 2.79 bits per heavy atom. The highest BCUT2D eigenvalue weighted by atomic mass is 16.5. The molecule has 0 radical (unpaired) electrons. The van der Waals surface area contributed by atoms with Crippen molar-refractivity contribution in [2.75, 3.05) is 6.54 Å². The second kappa shape index (κ2) is 9.01. The number of alkyl carbamates (subject to hydrolysis) is 1. The summed E-state index contributed by atoms with van der Waals surface area (Å²) in [6.45, 7) is 0.617. The molecule has 0 aliphatic rings. The van der Waals surface area contributed by atoms with Crippen molar-refractivity contribution in [3.8, 4) is 12.3 Å². The van der Waals surface area contributed by atoms with Gasteiger partial charge in [-0.05, 0) is 18.4 Å². The molecule has 19 heavy (non-hydrogen) atoms. The Labute approximate surface area is 113 Å². The van der Waals surface area contributed by atoms with Crippen molar-refractivity contribution in [3.05, 3.63) is 35.9 Å². The number of ether oxygens (including phenoxy) is 1. The molecule has 4 nitrogen and oxygen atoms in total. The van der Waals surface area contributed by atoms with Gasteiger partial charge in [-0.25, -0.2) is 4.79 Å². The van der Waals surface area contributed by atoms with Crippen molar-refractivity contribution >= 4 is 6.09 Å². The van der Waals surface area contributed by atoms with Gasteiger partial charge in [-0.3, -0.25) is 0 Å². The van der Waals surface area contributed by atoms with E-state index in [1.807, 2.05) is 30.3 Å². The second-order valence-electron chi connectivity index (χ2n) is 4.17. The zero-order chi connectivity index (χ0) is 13.9. The van der Waals surface area contributed by atoms with Crippen molar-refractivity contribution in [1.82, 2.24) is 5.32 Å². The molecule has 0 saturated carbocycles.